The summed E-state index contributed by atoms with van der Waals surface area (Å²) in [6.45, 7) is 4.37. The molecule has 2 aliphatic carbocycles. The Morgan fingerprint density at radius 1 is 0.941 bits per heavy atom. The van der Waals surface area contributed by atoms with Crippen LogP contribution in [-0.4, -0.2) is 37.4 Å². The van der Waals surface area contributed by atoms with E-state index in [0.29, 0.717) is 13.2 Å². The first-order chi connectivity index (χ1) is 8.20. The highest BCUT2D eigenvalue weighted by Crippen LogP contribution is 2.68. The Bertz CT molecular complexity index is 332. The maximum Gasteiger partial charge on any atom is 0.311 e. The zero-order valence-corrected chi connectivity index (χ0v) is 9.92. The number of fused-ring (bicyclic) bond motifs is 3. The van der Waals surface area contributed by atoms with Crippen molar-refractivity contribution in [2.75, 3.05) is 13.2 Å². The second-order valence-corrected chi connectivity index (χ2v) is 4.78. The SMILES string of the molecule is CCOC(=O)C1[C@H]2[C@H]3[C@@H](O[C@@H]12)[C@@H]3C(=O)OCC. The molecule has 17 heavy (non-hydrogen) atoms. The van der Waals surface area contributed by atoms with Crippen LogP contribution in [0.15, 0.2) is 0 Å². The van der Waals surface area contributed by atoms with E-state index in [1.165, 1.54) is 0 Å². The Hall–Kier alpha value is -1.10. The van der Waals surface area contributed by atoms with Gasteiger partial charge in [-0.15, -0.1) is 0 Å². The van der Waals surface area contributed by atoms with Crippen LogP contribution in [0.1, 0.15) is 13.8 Å². The van der Waals surface area contributed by atoms with Crippen LogP contribution in [0.5, 0.6) is 0 Å². The highest BCUT2D eigenvalue weighted by atomic mass is 16.6. The minimum Gasteiger partial charge on any atom is -0.466 e. The number of carbonyl (C=O) groups is 2. The Kier molecular flexibility index (Phi) is 2.40. The molecule has 0 aromatic carbocycles. The zero-order valence-electron chi connectivity index (χ0n) is 9.92. The second-order valence-electron chi connectivity index (χ2n) is 4.78. The molecule has 0 amide bonds. The molecule has 0 aromatic rings. The maximum absolute atomic E-state index is 11.6. The molecule has 0 radical (unpaired) electrons. The van der Waals surface area contributed by atoms with Gasteiger partial charge in [0.2, 0.25) is 0 Å². The first-order valence-corrected chi connectivity index (χ1v) is 6.19. The Labute approximate surface area is 99.4 Å². The Morgan fingerprint density at radius 2 is 1.35 bits per heavy atom. The van der Waals surface area contributed by atoms with E-state index in [0.717, 1.165) is 0 Å². The van der Waals surface area contributed by atoms with Crippen molar-refractivity contribution in [3.63, 3.8) is 0 Å². The monoisotopic (exact) mass is 240 g/mol. The lowest BCUT2D eigenvalue weighted by atomic mass is 10.2. The van der Waals surface area contributed by atoms with E-state index < -0.39 is 0 Å². The van der Waals surface area contributed by atoms with Crippen molar-refractivity contribution in [1.29, 1.82) is 0 Å². The number of ether oxygens (including phenoxy) is 3. The van der Waals surface area contributed by atoms with Gasteiger partial charge in [0.05, 0.1) is 37.3 Å². The smallest absolute Gasteiger partial charge is 0.311 e. The summed E-state index contributed by atoms with van der Waals surface area (Å²) in [5.41, 5.74) is 0. The molecule has 1 saturated heterocycles. The van der Waals surface area contributed by atoms with Gasteiger partial charge in [-0.1, -0.05) is 0 Å². The Morgan fingerprint density at radius 3 is 1.71 bits per heavy atom. The van der Waals surface area contributed by atoms with Gasteiger partial charge in [-0.05, 0) is 13.8 Å². The van der Waals surface area contributed by atoms with E-state index in [1.54, 1.807) is 13.8 Å². The quantitative estimate of drug-likeness (QED) is 0.664. The van der Waals surface area contributed by atoms with Gasteiger partial charge < -0.3 is 14.2 Å². The fourth-order valence-corrected chi connectivity index (χ4v) is 3.12. The first kappa shape index (κ1) is 11.0. The number of esters is 2. The van der Waals surface area contributed by atoms with E-state index in [1.807, 2.05) is 0 Å². The molecule has 0 aromatic heterocycles. The average molecular weight is 240 g/mol. The van der Waals surface area contributed by atoms with E-state index in [9.17, 15) is 9.59 Å². The summed E-state index contributed by atoms with van der Waals surface area (Å²) in [5, 5.41) is 0. The van der Waals surface area contributed by atoms with Gasteiger partial charge >= 0.3 is 11.9 Å². The number of hydrogen-bond acceptors (Lipinski definition) is 5. The van der Waals surface area contributed by atoms with Crippen LogP contribution in [0.25, 0.3) is 0 Å². The highest BCUT2D eigenvalue weighted by molar-refractivity contribution is 5.82. The van der Waals surface area contributed by atoms with Gasteiger partial charge in [-0.25, -0.2) is 0 Å². The fraction of sp³-hybridized carbons (Fsp3) is 0.833. The lowest BCUT2D eigenvalue weighted by Crippen LogP contribution is -2.14. The van der Waals surface area contributed by atoms with Crippen LogP contribution in [-0.2, 0) is 23.8 Å². The standard InChI is InChI=1S/C12H16O5/c1-3-15-11(13)7-5-6-8(12(14)16-4-2)10(6)17-9(5)7/h5-10H,3-4H2,1-2H3/t5-,6-,7-,8?,9-,10-/m1/s1. The molecule has 94 valence electrons. The minimum absolute atomic E-state index is 0.00488. The molecular formula is C12H16O5. The molecule has 3 rings (SSSR count). The van der Waals surface area contributed by atoms with Crippen molar-refractivity contribution >= 4 is 11.9 Å². The van der Waals surface area contributed by atoms with Crippen molar-refractivity contribution in [3.05, 3.63) is 0 Å². The molecule has 3 fully saturated rings. The third-order valence-corrected chi connectivity index (χ3v) is 3.89. The lowest BCUT2D eigenvalue weighted by Gasteiger charge is -2.03. The van der Waals surface area contributed by atoms with Gasteiger partial charge in [0.25, 0.3) is 0 Å². The Balaban J connectivity index is 1.57. The van der Waals surface area contributed by atoms with E-state index in [-0.39, 0.29) is 47.8 Å². The molecular weight excluding hydrogens is 224 g/mol. The minimum atomic E-state index is -0.185. The molecule has 1 aliphatic heterocycles. The summed E-state index contributed by atoms with van der Waals surface area (Å²) in [7, 11) is 0. The molecule has 0 spiro atoms. The maximum atomic E-state index is 11.6. The molecule has 0 bridgehead atoms. The van der Waals surface area contributed by atoms with Gasteiger partial charge in [0.1, 0.15) is 0 Å². The summed E-state index contributed by atoms with van der Waals surface area (Å²) in [6, 6.07) is 0. The fourth-order valence-electron chi connectivity index (χ4n) is 3.12. The van der Waals surface area contributed by atoms with Gasteiger partial charge in [0.15, 0.2) is 0 Å². The molecule has 3 aliphatic rings. The normalized spacial score (nSPS) is 44.6. The summed E-state index contributed by atoms with van der Waals surface area (Å²) < 4.78 is 15.6. The molecule has 1 heterocycles. The number of hydrogen-bond donors (Lipinski definition) is 0. The summed E-state index contributed by atoms with van der Waals surface area (Å²) in [5.74, 6) is -0.279. The number of carbonyl (C=O) groups excluding carboxylic acids is 2. The van der Waals surface area contributed by atoms with Crippen molar-refractivity contribution in [2.24, 2.45) is 23.7 Å². The van der Waals surface area contributed by atoms with Crippen LogP contribution >= 0.6 is 0 Å². The van der Waals surface area contributed by atoms with Crippen LogP contribution in [0.3, 0.4) is 0 Å². The molecule has 5 nitrogen and oxygen atoms in total. The second kappa shape index (κ2) is 3.70. The predicted molar refractivity (Wildman–Crippen MR) is 55.9 cm³/mol. The molecule has 0 N–H and O–H groups in total. The van der Waals surface area contributed by atoms with Gasteiger partial charge in [-0.2, -0.15) is 0 Å². The molecule has 5 heteroatoms. The van der Waals surface area contributed by atoms with Crippen LogP contribution in [0.2, 0.25) is 0 Å². The van der Waals surface area contributed by atoms with Gasteiger partial charge in [0, 0.05) is 11.8 Å². The van der Waals surface area contributed by atoms with Crippen LogP contribution < -0.4 is 0 Å². The van der Waals surface area contributed by atoms with Crippen molar-refractivity contribution in [1.82, 2.24) is 0 Å². The molecule has 6 atom stereocenters. The van der Waals surface area contributed by atoms with Gasteiger partial charge in [-0.3, -0.25) is 9.59 Å². The largest absolute Gasteiger partial charge is 0.466 e. The zero-order chi connectivity index (χ0) is 12.2. The van der Waals surface area contributed by atoms with Crippen LogP contribution in [0, 0.1) is 23.7 Å². The first-order valence-electron chi connectivity index (χ1n) is 6.19. The van der Waals surface area contributed by atoms with E-state index in [4.69, 9.17) is 14.2 Å². The number of rotatable bonds is 4. The van der Waals surface area contributed by atoms with E-state index >= 15 is 0 Å². The highest BCUT2D eigenvalue weighted by Gasteiger charge is 2.79. The lowest BCUT2D eigenvalue weighted by molar-refractivity contribution is -0.146. The summed E-state index contributed by atoms with van der Waals surface area (Å²) >= 11 is 0. The topological polar surface area (TPSA) is 61.8 Å². The van der Waals surface area contributed by atoms with Crippen LogP contribution in [0.4, 0.5) is 0 Å². The summed E-state index contributed by atoms with van der Waals surface area (Å²) in [6.07, 6.45) is -0.00977. The average Bonchev–Trinajstić information content (AvgIpc) is 3.14. The van der Waals surface area contributed by atoms with Crippen molar-refractivity contribution in [2.45, 2.75) is 26.1 Å². The summed E-state index contributed by atoms with van der Waals surface area (Å²) in [4.78, 5) is 23.1. The van der Waals surface area contributed by atoms with Crippen molar-refractivity contribution < 1.29 is 23.8 Å². The third-order valence-electron chi connectivity index (χ3n) is 3.89. The molecule has 2 saturated carbocycles. The molecule has 1 unspecified atom stereocenters. The van der Waals surface area contributed by atoms with Crippen molar-refractivity contribution in [3.8, 4) is 0 Å². The predicted octanol–water partition coefficient (Wildman–Crippen LogP) is 0.372. The third kappa shape index (κ3) is 1.48. The van der Waals surface area contributed by atoms with E-state index in [2.05, 4.69) is 0 Å².